The Hall–Kier alpha value is -3.61. The summed E-state index contributed by atoms with van der Waals surface area (Å²) >= 11 is 0. The minimum Gasteiger partial charge on any atom is -0.497 e. The summed E-state index contributed by atoms with van der Waals surface area (Å²) in [5, 5.41) is 16.4. The molecule has 28 heavy (non-hydrogen) atoms. The van der Waals surface area contributed by atoms with Gasteiger partial charge in [0.15, 0.2) is 5.82 Å². The molecule has 1 amide bonds. The molecule has 3 aromatic rings. The van der Waals surface area contributed by atoms with Gasteiger partial charge in [-0.2, -0.15) is 0 Å². The first-order chi connectivity index (χ1) is 13.5. The van der Waals surface area contributed by atoms with Crippen molar-refractivity contribution in [3.63, 3.8) is 0 Å². The Morgan fingerprint density at radius 3 is 2.21 bits per heavy atom. The zero-order valence-corrected chi connectivity index (χ0v) is 15.5. The fraction of sp³-hybridized carbons (Fsp3) is 0.190. The lowest BCUT2D eigenvalue weighted by Crippen LogP contribution is -2.31. The van der Waals surface area contributed by atoms with Gasteiger partial charge in [-0.05, 0) is 30.2 Å². The van der Waals surface area contributed by atoms with Crippen LogP contribution in [0.5, 0.6) is 5.75 Å². The van der Waals surface area contributed by atoms with Crippen molar-refractivity contribution in [1.82, 2.24) is 5.16 Å². The minimum atomic E-state index is -1.11. The van der Waals surface area contributed by atoms with Gasteiger partial charge in [0.1, 0.15) is 11.5 Å². The van der Waals surface area contributed by atoms with E-state index in [9.17, 15) is 14.7 Å². The van der Waals surface area contributed by atoms with Crippen LogP contribution in [-0.4, -0.2) is 29.2 Å². The SMILES string of the molecule is COc1ccc(C(C(=O)O)C(C(=O)Nc2cc(C)on2)c2ccccc2)cc1. The number of nitrogens with zero attached hydrogens (tertiary/aromatic N) is 1. The number of hydrogen-bond acceptors (Lipinski definition) is 5. The molecule has 2 aromatic carbocycles. The lowest BCUT2D eigenvalue weighted by molar-refractivity contribution is -0.141. The number of carboxylic acid groups (broad SMARTS) is 1. The summed E-state index contributed by atoms with van der Waals surface area (Å²) in [4.78, 5) is 25.3. The van der Waals surface area contributed by atoms with Gasteiger partial charge in [0.05, 0.1) is 18.9 Å². The van der Waals surface area contributed by atoms with Crippen LogP contribution in [0.2, 0.25) is 0 Å². The monoisotopic (exact) mass is 380 g/mol. The van der Waals surface area contributed by atoms with Crippen molar-refractivity contribution in [2.45, 2.75) is 18.8 Å². The number of carbonyl (C=O) groups is 2. The van der Waals surface area contributed by atoms with Crippen molar-refractivity contribution in [3.05, 3.63) is 77.6 Å². The summed E-state index contributed by atoms with van der Waals surface area (Å²) in [5.74, 6) is -2.27. The van der Waals surface area contributed by atoms with E-state index >= 15 is 0 Å². The number of benzene rings is 2. The molecule has 0 bridgehead atoms. The van der Waals surface area contributed by atoms with E-state index in [2.05, 4.69) is 10.5 Å². The highest BCUT2D eigenvalue weighted by Crippen LogP contribution is 2.35. The molecule has 0 saturated heterocycles. The molecule has 0 spiro atoms. The first-order valence-corrected chi connectivity index (χ1v) is 8.65. The second kappa shape index (κ2) is 8.39. The Kier molecular flexibility index (Phi) is 5.74. The minimum absolute atomic E-state index is 0.238. The van der Waals surface area contributed by atoms with Crippen LogP contribution in [0.1, 0.15) is 28.7 Å². The third kappa shape index (κ3) is 4.20. The lowest BCUT2D eigenvalue weighted by Gasteiger charge is -2.24. The number of nitrogens with one attached hydrogen (secondary N) is 1. The molecule has 0 aliphatic rings. The van der Waals surface area contributed by atoms with Crippen molar-refractivity contribution in [3.8, 4) is 5.75 Å². The van der Waals surface area contributed by atoms with Crippen molar-refractivity contribution in [2.24, 2.45) is 0 Å². The molecule has 7 nitrogen and oxygen atoms in total. The largest absolute Gasteiger partial charge is 0.497 e. The molecule has 1 aromatic heterocycles. The van der Waals surface area contributed by atoms with Crippen LogP contribution in [-0.2, 0) is 9.59 Å². The van der Waals surface area contributed by atoms with Crippen LogP contribution in [0.15, 0.2) is 65.2 Å². The highest BCUT2D eigenvalue weighted by Gasteiger charge is 2.36. The van der Waals surface area contributed by atoms with E-state index < -0.39 is 23.7 Å². The van der Waals surface area contributed by atoms with Gasteiger partial charge in [0, 0.05) is 6.07 Å². The predicted octanol–water partition coefficient (Wildman–Crippen LogP) is 3.58. The number of ether oxygens (including phenoxy) is 1. The molecule has 2 N–H and O–H groups in total. The fourth-order valence-corrected chi connectivity index (χ4v) is 3.07. The molecule has 2 atom stereocenters. The van der Waals surface area contributed by atoms with Gasteiger partial charge in [-0.3, -0.25) is 9.59 Å². The van der Waals surface area contributed by atoms with E-state index in [1.54, 1.807) is 61.5 Å². The van der Waals surface area contributed by atoms with Crippen LogP contribution in [0.4, 0.5) is 5.82 Å². The van der Waals surface area contributed by atoms with Gasteiger partial charge < -0.3 is 19.7 Å². The lowest BCUT2D eigenvalue weighted by atomic mass is 9.80. The molecule has 0 aliphatic carbocycles. The summed E-state index contributed by atoms with van der Waals surface area (Å²) in [6, 6.07) is 17.0. The maximum Gasteiger partial charge on any atom is 0.312 e. The Morgan fingerprint density at radius 1 is 1.04 bits per heavy atom. The van der Waals surface area contributed by atoms with E-state index in [1.165, 1.54) is 7.11 Å². The molecule has 0 saturated carbocycles. The Bertz CT molecular complexity index is 950. The standard InChI is InChI=1S/C21H20N2O5/c1-13-12-17(23-28-13)22-20(24)18(14-6-4-3-5-7-14)19(21(25)26)15-8-10-16(27-2)11-9-15/h3-12,18-19H,1-2H3,(H,25,26)(H,22,23,24). The predicted molar refractivity (Wildman–Crippen MR) is 102 cm³/mol. The Labute approximate surface area is 161 Å². The van der Waals surface area contributed by atoms with E-state index in [-0.39, 0.29) is 5.82 Å². The molecule has 0 radical (unpaired) electrons. The zero-order valence-electron chi connectivity index (χ0n) is 15.5. The van der Waals surface area contributed by atoms with Crippen LogP contribution in [0, 0.1) is 6.92 Å². The number of aryl methyl sites for hydroxylation is 1. The van der Waals surface area contributed by atoms with Crippen molar-refractivity contribution >= 4 is 17.7 Å². The Morgan fingerprint density at radius 2 is 1.68 bits per heavy atom. The second-order valence-electron chi connectivity index (χ2n) is 6.29. The van der Waals surface area contributed by atoms with Crippen LogP contribution in [0.25, 0.3) is 0 Å². The number of rotatable bonds is 7. The number of hydrogen-bond donors (Lipinski definition) is 2. The van der Waals surface area contributed by atoms with E-state index in [4.69, 9.17) is 9.26 Å². The maximum absolute atomic E-state index is 13.1. The van der Waals surface area contributed by atoms with Crippen LogP contribution >= 0.6 is 0 Å². The third-order valence-corrected chi connectivity index (χ3v) is 4.39. The van der Waals surface area contributed by atoms with Crippen molar-refractivity contribution in [1.29, 1.82) is 0 Å². The quantitative estimate of drug-likeness (QED) is 0.650. The Balaban J connectivity index is 2.01. The molecular weight excluding hydrogens is 360 g/mol. The molecule has 144 valence electrons. The number of aliphatic carboxylic acids is 1. The number of carbonyl (C=O) groups excluding carboxylic acids is 1. The average molecular weight is 380 g/mol. The van der Waals surface area contributed by atoms with Gasteiger partial charge in [-0.25, -0.2) is 0 Å². The number of anilines is 1. The highest BCUT2D eigenvalue weighted by molar-refractivity contribution is 5.99. The van der Waals surface area contributed by atoms with Crippen LogP contribution < -0.4 is 10.1 Å². The summed E-state index contributed by atoms with van der Waals surface area (Å²) in [7, 11) is 1.53. The van der Waals surface area contributed by atoms with Gasteiger partial charge in [0.2, 0.25) is 5.91 Å². The molecular formula is C21H20N2O5. The first kappa shape index (κ1) is 19.2. The third-order valence-electron chi connectivity index (χ3n) is 4.39. The van der Waals surface area contributed by atoms with Gasteiger partial charge >= 0.3 is 5.97 Å². The molecule has 0 fully saturated rings. The van der Waals surface area contributed by atoms with Crippen molar-refractivity contribution in [2.75, 3.05) is 12.4 Å². The summed E-state index contributed by atoms with van der Waals surface area (Å²) in [5.41, 5.74) is 1.08. The molecule has 0 aliphatic heterocycles. The van der Waals surface area contributed by atoms with E-state index in [1.807, 2.05) is 6.07 Å². The normalized spacial score (nSPS) is 12.8. The average Bonchev–Trinajstić information content (AvgIpc) is 3.11. The molecule has 3 rings (SSSR count). The second-order valence-corrected chi connectivity index (χ2v) is 6.29. The fourth-order valence-electron chi connectivity index (χ4n) is 3.07. The summed E-state index contributed by atoms with van der Waals surface area (Å²) in [6.45, 7) is 1.70. The smallest absolute Gasteiger partial charge is 0.312 e. The van der Waals surface area contributed by atoms with Gasteiger partial charge in [0.25, 0.3) is 0 Å². The number of aromatic nitrogens is 1. The first-order valence-electron chi connectivity index (χ1n) is 8.65. The zero-order chi connectivity index (χ0) is 20.1. The van der Waals surface area contributed by atoms with Gasteiger partial charge in [-0.1, -0.05) is 47.6 Å². The van der Waals surface area contributed by atoms with Crippen LogP contribution in [0.3, 0.4) is 0 Å². The number of carboxylic acids is 1. The van der Waals surface area contributed by atoms with Gasteiger partial charge in [-0.15, -0.1) is 0 Å². The maximum atomic E-state index is 13.1. The topological polar surface area (TPSA) is 102 Å². The number of amides is 1. The molecule has 2 unspecified atom stereocenters. The molecule has 1 heterocycles. The van der Waals surface area contributed by atoms with Crippen molar-refractivity contribution < 1.29 is 24.0 Å². The molecule has 7 heteroatoms. The highest BCUT2D eigenvalue weighted by atomic mass is 16.5. The summed E-state index contributed by atoms with van der Waals surface area (Å²) < 4.78 is 10.1. The number of methoxy groups -OCH3 is 1. The van der Waals surface area contributed by atoms with E-state index in [0.717, 1.165) is 0 Å². The summed E-state index contributed by atoms with van der Waals surface area (Å²) in [6.07, 6.45) is 0. The van der Waals surface area contributed by atoms with E-state index in [0.29, 0.717) is 22.6 Å².